The number of para-hydroxylation sites is 1. The molecule has 0 spiro atoms. The number of nitrogens with two attached hydrogens (primary N) is 1. The lowest BCUT2D eigenvalue weighted by molar-refractivity contribution is 0.448. The molecule has 0 saturated heterocycles. The van der Waals surface area contributed by atoms with Crippen LogP contribution in [0.25, 0.3) is 0 Å². The van der Waals surface area contributed by atoms with Crippen LogP contribution in [0.5, 0.6) is 0 Å². The molecule has 3 heteroatoms. The van der Waals surface area contributed by atoms with Gasteiger partial charge in [0.05, 0.1) is 5.69 Å². The number of anilines is 1. The van der Waals surface area contributed by atoms with Crippen molar-refractivity contribution in [1.29, 1.82) is 0 Å². The molecular weight excluding hydrogens is 215 g/mol. The van der Waals surface area contributed by atoms with Crippen molar-refractivity contribution in [3.63, 3.8) is 0 Å². The van der Waals surface area contributed by atoms with Gasteiger partial charge in [-0.3, -0.25) is 0 Å². The van der Waals surface area contributed by atoms with Crippen molar-refractivity contribution in [2.75, 3.05) is 18.5 Å². The van der Waals surface area contributed by atoms with Gasteiger partial charge in [-0.05, 0) is 37.3 Å². The zero-order valence-electron chi connectivity index (χ0n) is 10.4. The lowest BCUT2D eigenvalue weighted by atomic mass is 10.00. The highest BCUT2D eigenvalue weighted by molar-refractivity contribution is 5.46. The Morgan fingerprint density at radius 2 is 2.12 bits per heavy atom. The molecule has 0 heterocycles. The Hall–Kier alpha value is -1.09. The Morgan fingerprint density at radius 3 is 2.76 bits per heavy atom. The first kappa shape index (κ1) is 12.4. The summed E-state index contributed by atoms with van der Waals surface area (Å²) >= 11 is 0. The monoisotopic (exact) mass is 236 g/mol. The zero-order chi connectivity index (χ0) is 12.3. The minimum Gasteiger partial charge on any atom is -0.372 e. The van der Waals surface area contributed by atoms with Crippen LogP contribution in [0.15, 0.2) is 24.3 Å². The van der Waals surface area contributed by atoms with E-state index in [1.165, 1.54) is 18.9 Å². The quantitative estimate of drug-likeness (QED) is 0.871. The van der Waals surface area contributed by atoms with Crippen molar-refractivity contribution in [2.24, 2.45) is 11.7 Å². The minimum atomic E-state index is -0.147. The van der Waals surface area contributed by atoms with Crippen LogP contribution < -0.4 is 10.6 Å². The highest BCUT2D eigenvalue weighted by Crippen LogP contribution is 2.27. The van der Waals surface area contributed by atoms with Crippen molar-refractivity contribution in [2.45, 2.75) is 31.7 Å². The van der Waals surface area contributed by atoms with Crippen LogP contribution in [-0.2, 0) is 0 Å². The number of benzene rings is 1. The van der Waals surface area contributed by atoms with Crippen LogP contribution in [0.4, 0.5) is 10.1 Å². The zero-order valence-corrected chi connectivity index (χ0v) is 10.4. The summed E-state index contributed by atoms with van der Waals surface area (Å²) in [5.74, 6) is 0.468. The van der Waals surface area contributed by atoms with E-state index in [0.29, 0.717) is 17.6 Å². The van der Waals surface area contributed by atoms with Gasteiger partial charge in [0.25, 0.3) is 0 Å². The lowest BCUT2D eigenvalue weighted by Crippen LogP contribution is -2.29. The Morgan fingerprint density at radius 1 is 1.35 bits per heavy atom. The van der Waals surface area contributed by atoms with E-state index in [0.717, 1.165) is 19.4 Å². The standard InChI is InChI=1S/C14H21FN2/c1-17(14-8-3-2-6-12(14)15)10-9-11-5-4-7-13(11)16/h2-3,6,8,11,13H,4-5,7,9-10,16H2,1H3. The fourth-order valence-corrected chi connectivity index (χ4v) is 2.67. The van der Waals surface area contributed by atoms with E-state index in [2.05, 4.69) is 0 Å². The first-order chi connectivity index (χ1) is 8.18. The number of rotatable bonds is 4. The molecule has 0 aromatic heterocycles. The molecule has 1 aromatic rings. The van der Waals surface area contributed by atoms with Gasteiger partial charge in [0, 0.05) is 19.6 Å². The summed E-state index contributed by atoms with van der Waals surface area (Å²) in [6, 6.07) is 7.27. The van der Waals surface area contributed by atoms with Crippen LogP contribution >= 0.6 is 0 Å². The average Bonchev–Trinajstić information content (AvgIpc) is 2.72. The molecule has 17 heavy (non-hydrogen) atoms. The van der Waals surface area contributed by atoms with Crippen molar-refractivity contribution >= 4 is 5.69 Å². The van der Waals surface area contributed by atoms with Crippen molar-refractivity contribution in [3.05, 3.63) is 30.1 Å². The summed E-state index contributed by atoms with van der Waals surface area (Å²) in [5.41, 5.74) is 6.72. The molecule has 2 N–H and O–H groups in total. The smallest absolute Gasteiger partial charge is 0.146 e. The molecule has 1 saturated carbocycles. The molecule has 0 radical (unpaired) electrons. The first-order valence-corrected chi connectivity index (χ1v) is 6.39. The normalized spacial score (nSPS) is 23.9. The Bertz CT molecular complexity index is 367. The summed E-state index contributed by atoms with van der Waals surface area (Å²) in [6.45, 7) is 0.874. The number of hydrogen-bond donors (Lipinski definition) is 1. The van der Waals surface area contributed by atoms with Crippen LogP contribution in [0.3, 0.4) is 0 Å². The van der Waals surface area contributed by atoms with Gasteiger partial charge in [-0.1, -0.05) is 18.6 Å². The summed E-state index contributed by atoms with van der Waals surface area (Å²) in [7, 11) is 1.94. The number of hydrogen-bond acceptors (Lipinski definition) is 2. The van der Waals surface area contributed by atoms with Crippen LogP contribution in [0.1, 0.15) is 25.7 Å². The Labute approximate surface area is 103 Å². The number of nitrogens with zero attached hydrogens (tertiary/aromatic N) is 1. The van der Waals surface area contributed by atoms with E-state index < -0.39 is 0 Å². The number of halogens is 1. The molecule has 0 bridgehead atoms. The molecule has 2 rings (SSSR count). The van der Waals surface area contributed by atoms with Gasteiger partial charge in [-0.15, -0.1) is 0 Å². The predicted octanol–water partition coefficient (Wildman–Crippen LogP) is 2.78. The summed E-state index contributed by atoms with van der Waals surface area (Å²) in [4.78, 5) is 1.99. The second-order valence-electron chi connectivity index (χ2n) is 5.02. The molecule has 0 amide bonds. The summed E-state index contributed by atoms with van der Waals surface area (Å²) in [6.07, 6.45) is 4.68. The van der Waals surface area contributed by atoms with E-state index >= 15 is 0 Å². The molecule has 1 aromatic carbocycles. The van der Waals surface area contributed by atoms with Gasteiger partial charge in [-0.2, -0.15) is 0 Å². The van der Waals surface area contributed by atoms with Gasteiger partial charge in [-0.25, -0.2) is 4.39 Å². The van der Waals surface area contributed by atoms with Crippen molar-refractivity contribution in [1.82, 2.24) is 0 Å². The molecule has 2 unspecified atom stereocenters. The highest BCUT2D eigenvalue weighted by Gasteiger charge is 2.23. The Kier molecular flexibility index (Phi) is 4.00. The van der Waals surface area contributed by atoms with Gasteiger partial charge in [0.2, 0.25) is 0 Å². The molecular formula is C14H21FN2. The fraction of sp³-hybridized carbons (Fsp3) is 0.571. The first-order valence-electron chi connectivity index (χ1n) is 6.39. The topological polar surface area (TPSA) is 29.3 Å². The molecule has 94 valence electrons. The van der Waals surface area contributed by atoms with Gasteiger partial charge in [0.1, 0.15) is 5.82 Å². The molecule has 1 aliphatic carbocycles. The van der Waals surface area contributed by atoms with Gasteiger partial charge < -0.3 is 10.6 Å². The predicted molar refractivity (Wildman–Crippen MR) is 69.6 cm³/mol. The molecule has 1 aliphatic rings. The third kappa shape index (κ3) is 2.97. The third-order valence-corrected chi connectivity index (χ3v) is 3.82. The molecule has 2 nitrogen and oxygen atoms in total. The van der Waals surface area contributed by atoms with Gasteiger partial charge in [0.15, 0.2) is 0 Å². The molecule has 1 fully saturated rings. The van der Waals surface area contributed by atoms with E-state index in [-0.39, 0.29) is 5.82 Å². The van der Waals surface area contributed by atoms with E-state index in [9.17, 15) is 4.39 Å². The maximum Gasteiger partial charge on any atom is 0.146 e. The highest BCUT2D eigenvalue weighted by atomic mass is 19.1. The summed E-state index contributed by atoms with van der Waals surface area (Å²) < 4.78 is 13.6. The largest absolute Gasteiger partial charge is 0.372 e. The molecule has 0 aliphatic heterocycles. The fourth-order valence-electron chi connectivity index (χ4n) is 2.67. The Balaban J connectivity index is 1.89. The van der Waals surface area contributed by atoms with Crippen LogP contribution in [0, 0.1) is 11.7 Å². The van der Waals surface area contributed by atoms with E-state index in [1.54, 1.807) is 6.07 Å². The van der Waals surface area contributed by atoms with Gasteiger partial charge >= 0.3 is 0 Å². The van der Waals surface area contributed by atoms with Crippen molar-refractivity contribution in [3.8, 4) is 0 Å². The van der Waals surface area contributed by atoms with E-state index in [4.69, 9.17) is 5.73 Å². The maximum atomic E-state index is 13.6. The maximum absolute atomic E-state index is 13.6. The van der Waals surface area contributed by atoms with E-state index in [1.807, 2.05) is 24.1 Å². The van der Waals surface area contributed by atoms with Crippen LogP contribution in [-0.4, -0.2) is 19.6 Å². The van der Waals surface area contributed by atoms with Crippen LogP contribution in [0.2, 0.25) is 0 Å². The SMILES string of the molecule is CN(CCC1CCCC1N)c1ccccc1F. The summed E-state index contributed by atoms with van der Waals surface area (Å²) in [5, 5.41) is 0. The third-order valence-electron chi connectivity index (χ3n) is 3.82. The second kappa shape index (κ2) is 5.50. The second-order valence-corrected chi connectivity index (χ2v) is 5.02. The molecule has 2 atom stereocenters. The minimum absolute atomic E-state index is 0.147. The lowest BCUT2D eigenvalue weighted by Gasteiger charge is -2.23. The van der Waals surface area contributed by atoms with Crippen molar-refractivity contribution < 1.29 is 4.39 Å². The average molecular weight is 236 g/mol.